The molecule has 0 saturated carbocycles. The summed E-state index contributed by atoms with van der Waals surface area (Å²) in [7, 11) is 5.77. The first-order valence-corrected chi connectivity index (χ1v) is 8.47. The third kappa shape index (κ3) is 4.82. The van der Waals surface area contributed by atoms with Crippen LogP contribution >= 0.6 is 0 Å². The Morgan fingerprint density at radius 3 is 2.52 bits per heavy atom. The van der Waals surface area contributed by atoms with Gasteiger partial charge >= 0.3 is 6.09 Å². The first-order chi connectivity index (χ1) is 11.9. The number of carbonyl (C=O) groups is 1. The number of amides is 1. The highest BCUT2D eigenvalue weighted by Gasteiger charge is 2.22. The van der Waals surface area contributed by atoms with E-state index >= 15 is 0 Å². The van der Waals surface area contributed by atoms with Crippen molar-refractivity contribution in [2.75, 3.05) is 20.6 Å². The zero-order valence-corrected chi connectivity index (χ0v) is 15.3. The summed E-state index contributed by atoms with van der Waals surface area (Å²) in [4.78, 5) is 13.9. The minimum atomic E-state index is -0.454. The Labute approximate surface area is 148 Å². The number of carbonyl (C=O) groups excluding carboxylic acids is 1. The molecule has 1 amide bonds. The minimum Gasteiger partial charge on any atom is -0.393 e. The van der Waals surface area contributed by atoms with Gasteiger partial charge in [-0.15, -0.1) is 0 Å². The lowest BCUT2D eigenvalue weighted by molar-refractivity contribution is 0.196. The summed E-state index contributed by atoms with van der Waals surface area (Å²) in [6.45, 7) is 2.66. The van der Waals surface area contributed by atoms with Crippen LogP contribution in [0.15, 0.2) is 36.4 Å². The van der Waals surface area contributed by atoms with E-state index in [1.165, 1.54) is 12.1 Å². The molecule has 2 rings (SSSR count). The third-order valence-electron chi connectivity index (χ3n) is 4.09. The van der Waals surface area contributed by atoms with Crippen LogP contribution in [0, 0.1) is 5.82 Å². The molecule has 2 aromatic rings. The molecular weight excluding hydrogens is 321 g/mol. The Kier molecular flexibility index (Phi) is 6.58. The fourth-order valence-corrected chi connectivity index (χ4v) is 2.76. The molecule has 136 valence electrons. The molecular formula is C19H26FN3O2. The van der Waals surface area contributed by atoms with Crippen LogP contribution in [0.4, 0.5) is 9.18 Å². The molecule has 0 bridgehead atoms. The van der Waals surface area contributed by atoms with Crippen LogP contribution < -0.4 is 10.1 Å². The van der Waals surface area contributed by atoms with E-state index in [0.717, 1.165) is 24.1 Å². The van der Waals surface area contributed by atoms with Crippen LogP contribution in [0.1, 0.15) is 37.1 Å². The smallest absolute Gasteiger partial charge is 0.393 e. The first-order valence-electron chi connectivity index (χ1n) is 8.47. The van der Waals surface area contributed by atoms with Crippen molar-refractivity contribution in [1.82, 2.24) is 14.8 Å². The maximum absolute atomic E-state index is 13.2. The van der Waals surface area contributed by atoms with E-state index in [0.29, 0.717) is 12.4 Å². The number of rotatable bonds is 7. The highest BCUT2D eigenvalue weighted by Crippen LogP contribution is 2.30. The lowest BCUT2D eigenvalue weighted by Crippen LogP contribution is -2.28. The highest BCUT2D eigenvalue weighted by molar-refractivity contribution is 5.69. The molecule has 5 nitrogen and oxygen atoms in total. The first kappa shape index (κ1) is 19.0. The number of aromatic nitrogens is 1. The van der Waals surface area contributed by atoms with Crippen LogP contribution in [0.5, 0.6) is 5.88 Å². The molecule has 1 aromatic heterocycles. The number of benzene rings is 1. The summed E-state index contributed by atoms with van der Waals surface area (Å²) in [6.07, 6.45) is 1.47. The van der Waals surface area contributed by atoms with Gasteiger partial charge in [0.15, 0.2) is 0 Å². The third-order valence-corrected chi connectivity index (χ3v) is 4.09. The van der Waals surface area contributed by atoms with Crippen molar-refractivity contribution in [3.8, 4) is 5.88 Å². The summed E-state index contributed by atoms with van der Waals surface area (Å²) in [6, 6.07) is 10.1. The van der Waals surface area contributed by atoms with Gasteiger partial charge < -0.3 is 14.6 Å². The zero-order chi connectivity index (χ0) is 18.4. The van der Waals surface area contributed by atoms with E-state index in [-0.39, 0.29) is 11.9 Å². The maximum atomic E-state index is 13.2. The topological polar surface area (TPSA) is 46.5 Å². The van der Waals surface area contributed by atoms with E-state index in [1.54, 1.807) is 18.2 Å². The van der Waals surface area contributed by atoms with Crippen molar-refractivity contribution < 1.29 is 13.9 Å². The van der Waals surface area contributed by atoms with Gasteiger partial charge in [0.2, 0.25) is 5.88 Å². The van der Waals surface area contributed by atoms with Crippen LogP contribution in [0.3, 0.4) is 0 Å². The lowest BCUT2D eigenvalue weighted by atomic mass is 10.0. The number of nitrogens with zero attached hydrogens (tertiary/aromatic N) is 2. The molecule has 0 aliphatic heterocycles. The van der Waals surface area contributed by atoms with Crippen molar-refractivity contribution >= 4 is 6.09 Å². The number of unbranched alkanes of at least 4 members (excludes halogenated alkanes) is 1. The molecule has 1 unspecified atom stereocenters. The van der Waals surface area contributed by atoms with Gasteiger partial charge in [0.05, 0.1) is 6.04 Å². The van der Waals surface area contributed by atoms with Gasteiger partial charge in [-0.25, -0.2) is 9.18 Å². The number of ether oxygens (including phenoxy) is 1. The highest BCUT2D eigenvalue weighted by atomic mass is 19.1. The second-order valence-corrected chi connectivity index (χ2v) is 6.24. The van der Waals surface area contributed by atoms with Gasteiger partial charge in [0.25, 0.3) is 0 Å². The summed E-state index contributed by atoms with van der Waals surface area (Å²) in [5, 5.41) is 2.73. The van der Waals surface area contributed by atoms with E-state index in [1.807, 2.05) is 36.7 Å². The molecule has 1 aromatic carbocycles. The Morgan fingerprint density at radius 2 is 1.92 bits per heavy atom. The number of nitrogens with one attached hydrogen (secondary N) is 1. The van der Waals surface area contributed by atoms with Crippen molar-refractivity contribution in [3.05, 3.63) is 53.5 Å². The standard InChI is InChI=1S/C19H26FN3O2/c1-5-6-13-21-19(24)25-17-12-11-16(23(17)4)18(22(2)3)14-7-9-15(20)10-8-14/h7-12,18H,5-6,13H2,1-4H3,(H,21,24). The van der Waals surface area contributed by atoms with Crippen molar-refractivity contribution in [3.63, 3.8) is 0 Å². The Morgan fingerprint density at radius 1 is 1.24 bits per heavy atom. The Bertz CT molecular complexity index is 695. The van der Waals surface area contributed by atoms with E-state index in [9.17, 15) is 9.18 Å². The van der Waals surface area contributed by atoms with Crippen LogP contribution in [0.25, 0.3) is 0 Å². The second kappa shape index (κ2) is 8.67. The van der Waals surface area contributed by atoms with E-state index < -0.39 is 6.09 Å². The molecule has 0 spiro atoms. The molecule has 0 fully saturated rings. The molecule has 0 aliphatic carbocycles. The van der Waals surface area contributed by atoms with E-state index in [4.69, 9.17) is 4.74 Å². The van der Waals surface area contributed by atoms with Gasteiger partial charge in [0.1, 0.15) is 5.82 Å². The maximum Gasteiger partial charge on any atom is 0.413 e. The average molecular weight is 347 g/mol. The van der Waals surface area contributed by atoms with Crippen molar-refractivity contribution in [1.29, 1.82) is 0 Å². The van der Waals surface area contributed by atoms with Gasteiger partial charge in [-0.2, -0.15) is 0 Å². The zero-order valence-electron chi connectivity index (χ0n) is 15.3. The fourth-order valence-electron chi connectivity index (χ4n) is 2.76. The lowest BCUT2D eigenvalue weighted by Gasteiger charge is -2.26. The normalized spacial score (nSPS) is 12.2. The summed E-state index contributed by atoms with van der Waals surface area (Å²) >= 11 is 0. The van der Waals surface area contributed by atoms with E-state index in [2.05, 4.69) is 12.2 Å². The molecule has 1 N–H and O–H groups in total. The quantitative estimate of drug-likeness (QED) is 0.777. The van der Waals surface area contributed by atoms with Gasteiger partial charge in [-0.05, 0) is 44.3 Å². The predicted molar refractivity (Wildman–Crippen MR) is 96.3 cm³/mol. The van der Waals surface area contributed by atoms with Gasteiger partial charge in [-0.1, -0.05) is 25.5 Å². The van der Waals surface area contributed by atoms with Gasteiger partial charge in [-0.3, -0.25) is 4.90 Å². The Hall–Kier alpha value is -2.34. The molecule has 0 radical (unpaired) electrons. The van der Waals surface area contributed by atoms with Crippen LogP contribution in [-0.4, -0.2) is 36.2 Å². The van der Waals surface area contributed by atoms with Crippen LogP contribution in [-0.2, 0) is 7.05 Å². The average Bonchev–Trinajstić information content (AvgIpc) is 2.91. The predicted octanol–water partition coefficient (Wildman–Crippen LogP) is 3.70. The van der Waals surface area contributed by atoms with Crippen molar-refractivity contribution in [2.45, 2.75) is 25.8 Å². The van der Waals surface area contributed by atoms with Crippen molar-refractivity contribution in [2.24, 2.45) is 7.05 Å². The molecule has 6 heteroatoms. The number of halogens is 1. The monoisotopic (exact) mass is 347 g/mol. The summed E-state index contributed by atoms with van der Waals surface area (Å²) < 4.78 is 20.5. The van der Waals surface area contributed by atoms with Crippen LogP contribution in [0.2, 0.25) is 0 Å². The number of hydrogen-bond donors (Lipinski definition) is 1. The molecule has 1 atom stereocenters. The largest absolute Gasteiger partial charge is 0.413 e. The second-order valence-electron chi connectivity index (χ2n) is 6.24. The molecule has 0 saturated heterocycles. The SMILES string of the molecule is CCCCNC(=O)Oc1ccc(C(c2ccc(F)cc2)N(C)C)n1C. The number of hydrogen-bond acceptors (Lipinski definition) is 3. The molecule has 1 heterocycles. The summed E-state index contributed by atoms with van der Waals surface area (Å²) in [5.41, 5.74) is 1.92. The fraction of sp³-hybridized carbons (Fsp3) is 0.421. The summed E-state index contributed by atoms with van der Waals surface area (Å²) in [5.74, 6) is 0.207. The van der Waals surface area contributed by atoms with Gasteiger partial charge in [0, 0.05) is 25.4 Å². The molecule has 0 aliphatic rings. The Balaban J connectivity index is 2.19. The minimum absolute atomic E-state index is 0.0777. The molecule has 25 heavy (non-hydrogen) atoms.